The summed E-state index contributed by atoms with van der Waals surface area (Å²) in [6, 6.07) is 6.18. The zero-order valence-electron chi connectivity index (χ0n) is 10.2. The highest BCUT2D eigenvalue weighted by molar-refractivity contribution is 6.31. The highest BCUT2D eigenvalue weighted by Crippen LogP contribution is 2.28. The molecule has 0 amide bonds. The number of hydrogen-bond acceptors (Lipinski definition) is 2. The van der Waals surface area contributed by atoms with Crippen LogP contribution in [0.1, 0.15) is 32.8 Å². The molecule has 0 aliphatic heterocycles. The summed E-state index contributed by atoms with van der Waals surface area (Å²) in [5, 5.41) is 10.0. The molecule has 0 aliphatic carbocycles. The van der Waals surface area contributed by atoms with Gasteiger partial charge in [0.25, 0.3) is 0 Å². The predicted molar refractivity (Wildman–Crippen MR) is 70.1 cm³/mol. The standard InChI is InChI=1S/C13H20ClNO/c1-4-8-15(10(2)3)13-7-5-6-12(14)11(13)9-16/h5-7,10,16H,4,8-9H2,1-3H3. The van der Waals surface area contributed by atoms with Crippen molar-refractivity contribution >= 4 is 17.3 Å². The van der Waals surface area contributed by atoms with E-state index in [-0.39, 0.29) is 6.61 Å². The van der Waals surface area contributed by atoms with Gasteiger partial charge < -0.3 is 10.0 Å². The number of aliphatic hydroxyl groups excluding tert-OH is 1. The van der Waals surface area contributed by atoms with E-state index in [9.17, 15) is 5.11 Å². The molecule has 1 aromatic carbocycles. The molecule has 2 nitrogen and oxygen atoms in total. The molecule has 0 aliphatic rings. The monoisotopic (exact) mass is 241 g/mol. The van der Waals surface area contributed by atoms with Crippen molar-refractivity contribution in [2.75, 3.05) is 11.4 Å². The Morgan fingerprint density at radius 2 is 2.06 bits per heavy atom. The van der Waals surface area contributed by atoms with Crippen molar-refractivity contribution < 1.29 is 5.11 Å². The maximum Gasteiger partial charge on any atom is 0.0716 e. The molecule has 1 N–H and O–H groups in total. The first-order valence-electron chi connectivity index (χ1n) is 5.76. The van der Waals surface area contributed by atoms with Crippen LogP contribution in [0.2, 0.25) is 5.02 Å². The molecule has 1 rings (SSSR count). The number of hydrogen-bond donors (Lipinski definition) is 1. The molecule has 0 saturated carbocycles. The van der Waals surface area contributed by atoms with Gasteiger partial charge in [-0.3, -0.25) is 0 Å². The molecule has 90 valence electrons. The molecular formula is C13H20ClNO. The third-order valence-electron chi connectivity index (χ3n) is 2.65. The average Bonchev–Trinajstić information content (AvgIpc) is 2.25. The third kappa shape index (κ3) is 2.89. The Balaban J connectivity index is 3.12. The first-order chi connectivity index (χ1) is 7.61. The quantitative estimate of drug-likeness (QED) is 0.854. The number of rotatable bonds is 5. The fraction of sp³-hybridized carbons (Fsp3) is 0.538. The van der Waals surface area contributed by atoms with E-state index in [1.54, 1.807) is 0 Å². The molecule has 0 radical (unpaired) electrons. The first kappa shape index (κ1) is 13.3. The zero-order valence-corrected chi connectivity index (χ0v) is 11.0. The summed E-state index contributed by atoms with van der Waals surface area (Å²) in [4.78, 5) is 2.28. The Morgan fingerprint density at radius 3 is 2.56 bits per heavy atom. The fourth-order valence-corrected chi connectivity index (χ4v) is 2.10. The van der Waals surface area contributed by atoms with Crippen molar-refractivity contribution in [3.05, 3.63) is 28.8 Å². The van der Waals surface area contributed by atoms with E-state index < -0.39 is 0 Å². The van der Waals surface area contributed by atoms with E-state index in [1.165, 1.54) is 0 Å². The van der Waals surface area contributed by atoms with Gasteiger partial charge in [-0.1, -0.05) is 24.6 Å². The number of aliphatic hydroxyl groups is 1. The van der Waals surface area contributed by atoms with Gasteiger partial charge in [0.15, 0.2) is 0 Å². The molecule has 0 fully saturated rings. The summed E-state index contributed by atoms with van der Waals surface area (Å²) < 4.78 is 0. The Labute approximate surface area is 103 Å². The lowest BCUT2D eigenvalue weighted by atomic mass is 10.1. The van der Waals surface area contributed by atoms with Gasteiger partial charge in [0.05, 0.1) is 6.61 Å². The van der Waals surface area contributed by atoms with Gasteiger partial charge >= 0.3 is 0 Å². The molecular weight excluding hydrogens is 222 g/mol. The largest absolute Gasteiger partial charge is 0.392 e. The van der Waals surface area contributed by atoms with Gasteiger partial charge in [0, 0.05) is 28.9 Å². The highest BCUT2D eigenvalue weighted by Gasteiger charge is 2.14. The van der Waals surface area contributed by atoms with Gasteiger partial charge in [-0.15, -0.1) is 0 Å². The van der Waals surface area contributed by atoms with Crippen LogP contribution >= 0.6 is 11.6 Å². The van der Waals surface area contributed by atoms with Crippen LogP contribution in [0.5, 0.6) is 0 Å². The number of benzene rings is 1. The first-order valence-corrected chi connectivity index (χ1v) is 6.14. The average molecular weight is 242 g/mol. The summed E-state index contributed by atoms with van der Waals surface area (Å²) in [5.41, 5.74) is 1.87. The van der Waals surface area contributed by atoms with Crippen molar-refractivity contribution in [1.82, 2.24) is 0 Å². The topological polar surface area (TPSA) is 23.5 Å². The second kappa shape index (κ2) is 6.12. The van der Waals surface area contributed by atoms with Gasteiger partial charge in [0.1, 0.15) is 0 Å². The SMILES string of the molecule is CCCN(c1cccc(Cl)c1CO)C(C)C. The fourth-order valence-electron chi connectivity index (χ4n) is 1.87. The molecule has 0 heterocycles. The lowest BCUT2D eigenvalue weighted by Crippen LogP contribution is -2.32. The molecule has 16 heavy (non-hydrogen) atoms. The Kier molecular flexibility index (Phi) is 5.10. The van der Waals surface area contributed by atoms with Crippen LogP contribution in [0.4, 0.5) is 5.69 Å². The van der Waals surface area contributed by atoms with E-state index in [0.29, 0.717) is 11.1 Å². The summed E-state index contributed by atoms with van der Waals surface area (Å²) in [5.74, 6) is 0. The molecule has 0 unspecified atom stereocenters. The smallest absolute Gasteiger partial charge is 0.0716 e. The third-order valence-corrected chi connectivity index (χ3v) is 3.00. The lowest BCUT2D eigenvalue weighted by molar-refractivity contribution is 0.282. The van der Waals surface area contributed by atoms with Crippen molar-refractivity contribution in [2.45, 2.75) is 39.8 Å². The minimum atomic E-state index is -0.0120. The summed E-state index contributed by atoms with van der Waals surface area (Å²) in [7, 11) is 0. The number of anilines is 1. The maximum atomic E-state index is 9.39. The molecule has 0 bridgehead atoms. The van der Waals surface area contributed by atoms with Crippen LogP contribution in [-0.2, 0) is 6.61 Å². The highest BCUT2D eigenvalue weighted by atomic mass is 35.5. The van der Waals surface area contributed by atoms with Gasteiger partial charge in [0.2, 0.25) is 0 Å². The summed E-state index contributed by atoms with van der Waals surface area (Å²) in [6.45, 7) is 7.42. The Morgan fingerprint density at radius 1 is 1.38 bits per heavy atom. The van der Waals surface area contributed by atoms with E-state index >= 15 is 0 Å². The van der Waals surface area contributed by atoms with Crippen molar-refractivity contribution in [3.8, 4) is 0 Å². The van der Waals surface area contributed by atoms with E-state index in [2.05, 4.69) is 25.7 Å². The minimum Gasteiger partial charge on any atom is -0.392 e. The van der Waals surface area contributed by atoms with Crippen LogP contribution in [0.3, 0.4) is 0 Å². The van der Waals surface area contributed by atoms with Crippen LogP contribution in [0, 0.1) is 0 Å². The molecule has 0 aromatic heterocycles. The maximum absolute atomic E-state index is 9.39. The van der Waals surface area contributed by atoms with E-state index in [4.69, 9.17) is 11.6 Å². The summed E-state index contributed by atoms with van der Waals surface area (Å²) >= 11 is 6.09. The number of halogens is 1. The van der Waals surface area contributed by atoms with Crippen molar-refractivity contribution in [1.29, 1.82) is 0 Å². The van der Waals surface area contributed by atoms with Gasteiger partial charge in [-0.25, -0.2) is 0 Å². The van der Waals surface area contributed by atoms with Crippen LogP contribution in [0.15, 0.2) is 18.2 Å². The van der Waals surface area contributed by atoms with E-state index in [1.807, 2.05) is 18.2 Å². The van der Waals surface area contributed by atoms with Crippen LogP contribution < -0.4 is 4.90 Å². The second-order valence-corrected chi connectivity index (χ2v) is 4.59. The van der Waals surface area contributed by atoms with Gasteiger partial charge in [-0.2, -0.15) is 0 Å². The normalized spacial score (nSPS) is 10.9. The molecule has 0 saturated heterocycles. The molecule has 0 spiro atoms. The van der Waals surface area contributed by atoms with Gasteiger partial charge in [-0.05, 0) is 32.4 Å². The number of nitrogens with zero attached hydrogens (tertiary/aromatic N) is 1. The lowest BCUT2D eigenvalue weighted by Gasteiger charge is -2.30. The molecule has 3 heteroatoms. The molecule has 0 atom stereocenters. The Bertz CT molecular complexity index is 339. The van der Waals surface area contributed by atoms with Crippen LogP contribution in [0.25, 0.3) is 0 Å². The zero-order chi connectivity index (χ0) is 12.1. The summed E-state index contributed by atoms with van der Waals surface area (Å²) in [6.07, 6.45) is 1.08. The minimum absolute atomic E-state index is 0.0120. The van der Waals surface area contributed by atoms with Crippen molar-refractivity contribution in [2.24, 2.45) is 0 Å². The molecule has 1 aromatic rings. The van der Waals surface area contributed by atoms with Crippen molar-refractivity contribution in [3.63, 3.8) is 0 Å². The second-order valence-electron chi connectivity index (χ2n) is 4.18. The Hall–Kier alpha value is -0.730. The van der Waals surface area contributed by atoms with E-state index in [0.717, 1.165) is 24.2 Å². The predicted octanol–water partition coefficient (Wildman–Crippen LogP) is 3.46. The van der Waals surface area contributed by atoms with Crippen LogP contribution in [-0.4, -0.2) is 17.7 Å².